The number of carbonyl (C=O) groups is 2. The number of hydrogen-bond acceptors (Lipinski definition) is 5. The Morgan fingerprint density at radius 3 is 2.88 bits per heavy atom. The smallest absolute Gasteiger partial charge is 0.340 e. The first-order chi connectivity index (χ1) is 12.2. The molecule has 6 heteroatoms. The summed E-state index contributed by atoms with van der Waals surface area (Å²) >= 11 is 1.73. The number of rotatable bonds is 6. The number of anilines is 1. The van der Waals surface area contributed by atoms with Crippen molar-refractivity contribution in [2.45, 2.75) is 25.8 Å². The lowest BCUT2D eigenvalue weighted by Crippen LogP contribution is -2.33. The van der Waals surface area contributed by atoms with Gasteiger partial charge in [-0.25, -0.2) is 4.79 Å². The molecule has 1 fully saturated rings. The van der Waals surface area contributed by atoms with Crippen LogP contribution >= 0.6 is 11.3 Å². The van der Waals surface area contributed by atoms with Crippen LogP contribution in [-0.4, -0.2) is 36.5 Å². The van der Waals surface area contributed by atoms with Crippen LogP contribution in [0.2, 0.25) is 0 Å². The predicted octanol–water partition coefficient (Wildman–Crippen LogP) is 3.70. The molecule has 0 radical (unpaired) electrons. The van der Waals surface area contributed by atoms with Gasteiger partial charge in [-0.1, -0.05) is 18.2 Å². The zero-order valence-electron chi connectivity index (χ0n) is 14.2. The summed E-state index contributed by atoms with van der Waals surface area (Å²) in [5.41, 5.74) is 0.881. The van der Waals surface area contributed by atoms with E-state index in [0.29, 0.717) is 30.4 Å². The second kappa shape index (κ2) is 8.27. The highest BCUT2D eigenvalue weighted by molar-refractivity contribution is 7.10. The fourth-order valence-electron chi connectivity index (χ4n) is 3.17. The minimum Gasteiger partial charge on any atom is -0.462 e. The number of nitrogens with one attached hydrogen (secondary N) is 1. The maximum absolute atomic E-state index is 12.5. The normalized spacial score (nSPS) is 17.4. The zero-order chi connectivity index (χ0) is 17.6. The Hall–Kier alpha value is -2.18. The summed E-state index contributed by atoms with van der Waals surface area (Å²) in [6, 6.07) is 11.4. The molecule has 0 bridgehead atoms. The van der Waals surface area contributed by atoms with E-state index in [4.69, 9.17) is 4.74 Å². The standard InChI is InChI=1S/C19H22N2O3S/c1-2-24-19(23)14-7-3-4-8-15(14)20-18(22)13-21-11-5-9-16(21)17-10-6-12-25-17/h3-4,6-8,10,12,16H,2,5,9,11,13H2,1H3,(H,20,22)/t16-/m0/s1. The number of benzene rings is 1. The van der Waals surface area contributed by atoms with Crippen molar-refractivity contribution in [3.8, 4) is 0 Å². The fourth-order valence-corrected chi connectivity index (χ4v) is 4.07. The molecule has 1 amide bonds. The van der Waals surface area contributed by atoms with Crippen molar-refractivity contribution >= 4 is 28.9 Å². The lowest BCUT2D eigenvalue weighted by Gasteiger charge is -2.23. The Morgan fingerprint density at radius 1 is 1.28 bits per heavy atom. The number of carbonyl (C=O) groups excluding carboxylic acids is 2. The molecular formula is C19H22N2O3S. The van der Waals surface area contributed by atoms with Crippen LogP contribution in [0.15, 0.2) is 41.8 Å². The van der Waals surface area contributed by atoms with Gasteiger partial charge in [0.05, 0.1) is 24.4 Å². The summed E-state index contributed by atoms with van der Waals surface area (Å²) in [6.45, 7) is 3.30. The van der Waals surface area contributed by atoms with Crippen molar-refractivity contribution in [2.24, 2.45) is 0 Å². The summed E-state index contributed by atoms with van der Waals surface area (Å²) in [6.07, 6.45) is 2.17. The van der Waals surface area contributed by atoms with E-state index >= 15 is 0 Å². The van der Waals surface area contributed by atoms with Gasteiger partial charge in [-0.05, 0) is 49.9 Å². The van der Waals surface area contributed by atoms with Gasteiger partial charge >= 0.3 is 5.97 Å². The van der Waals surface area contributed by atoms with E-state index in [1.165, 1.54) is 4.88 Å². The average molecular weight is 358 g/mol. The van der Waals surface area contributed by atoms with Gasteiger partial charge in [-0.15, -0.1) is 11.3 Å². The summed E-state index contributed by atoms with van der Waals surface area (Å²) in [7, 11) is 0. The van der Waals surface area contributed by atoms with E-state index in [2.05, 4.69) is 21.7 Å². The van der Waals surface area contributed by atoms with Gasteiger partial charge in [0, 0.05) is 10.9 Å². The van der Waals surface area contributed by atoms with Crippen molar-refractivity contribution in [1.29, 1.82) is 0 Å². The van der Waals surface area contributed by atoms with E-state index in [1.54, 1.807) is 42.5 Å². The topological polar surface area (TPSA) is 58.6 Å². The Bertz CT molecular complexity index is 730. The number of hydrogen-bond donors (Lipinski definition) is 1. The number of ether oxygens (including phenoxy) is 1. The quantitative estimate of drug-likeness (QED) is 0.800. The monoisotopic (exact) mass is 358 g/mol. The molecule has 1 aliphatic rings. The zero-order valence-corrected chi connectivity index (χ0v) is 15.1. The number of esters is 1. The summed E-state index contributed by atoms with van der Waals surface area (Å²) in [5.74, 6) is -0.531. The molecule has 1 atom stereocenters. The number of thiophene rings is 1. The van der Waals surface area contributed by atoms with Gasteiger partial charge in [-0.3, -0.25) is 9.69 Å². The number of likely N-dealkylation sites (tertiary alicyclic amines) is 1. The minimum absolute atomic E-state index is 0.111. The lowest BCUT2D eigenvalue weighted by molar-refractivity contribution is -0.117. The fraction of sp³-hybridized carbons (Fsp3) is 0.368. The molecule has 1 aliphatic heterocycles. The van der Waals surface area contributed by atoms with Crippen LogP contribution in [0.4, 0.5) is 5.69 Å². The SMILES string of the molecule is CCOC(=O)c1ccccc1NC(=O)CN1CCC[C@H]1c1cccs1. The second-order valence-corrected chi connectivity index (χ2v) is 6.94. The van der Waals surface area contributed by atoms with Crippen molar-refractivity contribution < 1.29 is 14.3 Å². The Labute approximate surface area is 151 Å². The third-order valence-electron chi connectivity index (χ3n) is 4.28. The molecule has 1 saturated heterocycles. The molecular weight excluding hydrogens is 336 g/mol. The maximum atomic E-state index is 12.5. The first kappa shape index (κ1) is 17.6. The molecule has 2 heterocycles. The van der Waals surface area contributed by atoms with E-state index in [-0.39, 0.29) is 5.91 Å². The van der Waals surface area contributed by atoms with Crippen LogP contribution in [0.1, 0.15) is 41.0 Å². The van der Waals surface area contributed by atoms with Crippen LogP contribution in [0.3, 0.4) is 0 Å². The van der Waals surface area contributed by atoms with Gasteiger partial charge in [-0.2, -0.15) is 0 Å². The van der Waals surface area contributed by atoms with Crippen molar-refractivity contribution in [3.63, 3.8) is 0 Å². The number of amides is 1. The molecule has 0 spiro atoms. The molecule has 0 saturated carbocycles. The third-order valence-corrected chi connectivity index (χ3v) is 5.25. The van der Waals surface area contributed by atoms with Crippen LogP contribution in [-0.2, 0) is 9.53 Å². The van der Waals surface area contributed by atoms with Gasteiger partial charge in [0.1, 0.15) is 0 Å². The molecule has 5 nitrogen and oxygen atoms in total. The Kier molecular flexibility index (Phi) is 5.83. The molecule has 1 aromatic carbocycles. The van der Waals surface area contributed by atoms with Crippen molar-refractivity contribution in [1.82, 2.24) is 4.90 Å². The highest BCUT2D eigenvalue weighted by Crippen LogP contribution is 2.34. The molecule has 0 unspecified atom stereocenters. The van der Waals surface area contributed by atoms with Crippen LogP contribution in [0.25, 0.3) is 0 Å². The van der Waals surface area contributed by atoms with Gasteiger partial charge in [0.15, 0.2) is 0 Å². The minimum atomic E-state index is -0.420. The Morgan fingerprint density at radius 2 is 2.12 bits per heavy atom. The Balaban J connectivity index is 1.66. The highest BCUT2D eigenvalue weighted by atomic mass is 32.1. The van der Waals surface area contributed by atoms with Crippen LogP contribution < -0.4 is 5.32 Å². The molecule has 25 heavy (non-hydrogen) atoms. The summed E-state index contributed by atoms with van der Waals surface area (Å²) in [5, 5.41) is 4.94. The largest absolute Gasteiger partial charge is 0.462 e. The van der Waals surface area contributed by atoms with Crippen molar-refractivity contribution in [3.05, 3.63) is 52.2 Å². The number of nitrogens with zero attached hydrogens (tertiary/aromatic N) is 1. The summed E-state index contributed by atoms with van der Waals surface area (Å²) < 4.78 is 5.05. The summed E-state index contributed by atoms with van der Waals surface area (Å²) in [4.78, 5) is 28.0. The maximum Gasteiger partial charge on any atom is 0.340 e. The van der Waals surface area contributed by atoms with E-state index < -0.39 is 5.97 Å². The first-order valence-electron chi connectivity index (χ1n) is 8.52. The number of para-hydroxylation sites is 1. The third kappa shape index (κ3) is 4.27. The van der Waals surface area contributed by atoms with E-state index in [0.717, 1.165) is 19.4 Å². The second-order valence-electron chi connectivity index (χ2n) is 5.96. The molecule has 2 aromatic rings. The van der Waals surface area contributed by atoms with Crippen LogP contribution in [0, 0.1) is 0 Å². The van der Waals surface area contributed by atoms with E-state index in [1.807, 2.05) is 6.07 Å². The molecule has 0 aliphatic carbocycles. The molecule has 1 N–H and O–H groups in total. The van der Waals surface area contributed by atoms with Gasteiger partial charge < -0.3 is 10.1 Å². The predicted molar refractivity (Wildman–Crippen MR) is 98.9 cm³/mol. The van der Waals surface area contributed by atoms with E-state index in [9.17, 15) is 9.59 Å². The first-order valence-corrected chi connectivity index (χ1v) is 9.40. The highest BCUT2D eigenvalue weighted by Gasteiger charge is 2.28. The lowest BCUT2D eigenvalue weighted by atomic mass is 10.1. The van der Waals surface area contributed by atoms with Crippen molar-refractivity contribution in [2.75, 3.05) is 25.0 Å². The van der Waals surface area contributed by atoms with Gasteiger partial charge in [0.2, 0.25) is 5.91 Å². The molecule has 132 valence electrons. The molecule has 3 rings (SSSR count). The van der Waals surface area contributed by atoms with Gasteiger partial charge in [0.25, 0.3) is 0 Å². The van der Waals surface area contributed by atoms with Crippen LogP contribution in [0.5, 0.6) is 0 Å². The average Bonchev–Trinajstić information content (AvgIpc) is 3.26. The molecule has 1 aromatic heterocycles.